The summed E-state index contributed by atoms with van der Waals surface area (Å²) in [6.07, 6.45) is 6.44. The number of benzene rings is 1. The highest BCUT2D eigenvalue weighted by Crippen LogP contribution is 2.21. The van der Waals surface area contributed by atoms with E-state index >= 15 is 0 Å². The third-order valence-electron chi connectivity index (χ3n) is 4.60. The number of carboxylic acids is 1. The second-order valence-electron chi connectivity index (χ2n) is 6.45. The van der Waals surface area contributed by atoms with Gasteiger partial charge >= 0.3 is 5.97 Å². The Bertz CT molecular complexity index is 756. The van der Waals surface area contributed by atoms with Gasteiger partial charge in [-0.15, -0.1) is 0 Å². The largest absolute Gasteiger partial charge is 0.478 e. The smallest absolute Gasteiger partial charge is 0.335 e. The molecule has 1 aromatic heterocycles. The molecular weight excluding hydrogens is 318 g/mol. The lowest BCUT2D eigenvalue weighted by molar-refractivity contribution is -0.130. The van der Waals surface area contributed by atoms with Gasteiger partial charge in [0.05, 0.1) is 23.1 Å². The summed E-state index contributed by atoms with van der Waals surface area (Å²) in [5.74, 6) is -0.386. The maximum Gasteiger partial charge on any atom is 0.335 e. The number of carbonyl (C=O) groups excluding carboxylic acids is 1. The molecule has 130 valence electrons. The molecule has 0 spiro atoms. The summed E-state index contributed by atoms with van der Waals surface area (Å²) >= 11 is 0. The first-order valence-corrected chi connectivity index (χ1v) is 8.43. The topological polar surface area (TPSA) is 83.4 Å². The van der Waals surface area contributed by atoms with Gasteiger partial charge in [-0.05, 0) is 37.3 Å². The van der Waals surface area contributed by atoms with Crippen molar-refractivity contribution in [1.82, 2.24) is 14.9 Å². The number of amides is 1. The van der Waals surface area contributed by atoms with Gasteiger partial charge in [0.2, 0.25) is 5.91 Å². The minimum Gasteiger partial charge on any atom is -0.478 e. The Hall–Kier alpha value is -2.76. The molecule has 1 atom stereocenters. The Morgan fingerprint density at radius 2 is 1.96 bits per heavy atom. The molecule has 0 radical (unpaired) electrons. The number of piperidine rings is 1. The molecule has 1 fully saturated rings. The molecule has 1 N–H and O–H groups in total. The molecule has 6 heteroatoms. The molecule has 1 aliphatic rings. The maximum atomic E-state index is 11.5. The van der Waals surface area contributed by atoms with E-state index in [9.17, 15) is 9.59 Å². The number of carboxylic acid groups (broad SMARTS) is 1. The summed E-state index contributed by atoms with van der Waals surface area (Å²) < 4.78 is 0. The molecule has 0 bridgehead atoms. The first-order chi connectivity index (χ1) is 12.0. The van der Waals surface area contributed by atoms with Crippen LogP contribution in [-0.4, -0.2) is 44.9 Å². The van der Waals surface area contributed by atoms with Crippen molar-refractivity contribution in [3.05, 3.63) is 47.9 Å². The van der Waals surface area contributed by atoms with Crippen LogP contribution >= 0.6 is 0 Å². The minimum absolute atomic E-state index is 0.135. The molecule has 1 aliphatic heterocycles. The molecule has 2 aromatic rings. The summed E-state index contributed by atoms with van der Waals surface area (Å²) in [5, 5.41) is 8.94. The van der Waals surface area contributed by atoms with E-state index < -0.39 is 5.97 Å². The summed E-state index contributed by atoms with van der Waals surface area (Å²) in [7, 11) is 0. The average molecular weight is 339 g/mol. The fourth-order valence-corrected chi connectivity index (χ4v) is 3.21. The molecule has 1 saturated heterocycles. The van der Waals surface area contributed by atoms with Crippen molar-refractivity contribution in [2.24, 2.45) is 5.92 Å². The lowest BCUT2D eigenvalue weighted by atomic mass is 9.93. The Kier molecular flexibility index (Phi) is 5.07. The van der Waals surface area contributed by atoms with Gasteiger partial charge in [0.25, 0.3) is 0 Å². The predicted octanol–water partition coefficient (Wildman–Crippen LogP) is 2.64. The monoisotopic (exact) mass is 339 g/mol. The molecule has 3 rings (SSSR count). The number of hydrogen-bond acceptors (Lipinski definition) is 4. The van der Waals surface area contributed by atoms with Crippen LogP contribution in [0, 0.1) is 5.92 Å². The molecule has 0 saturated carbocycles. The van der Waals surface area contributed by atoms with E-state index in [1.54, 1.807) is 43.6 Å². The SMILES string of the molecule is CC(=O)N1CCC[C@H](Cc2cnc(-c3ccc(C(=O)O)cc3)cn2)C1. The van der Waals surface area contributed by atoms with E-state index in [-0.39, 0.29) is 11.5 Å². The molecule has 0 aliphatic carbocycles. The van der Waals surface area contributed by atoms with Crippen molar-refractivity contribution in [2.75, 3.05) is 13.1 Å². The Balaban J connectivity index is 1.66. The maximum absolute atomic E-state index is 11.5. The van der Waals surface area contributed by atoms with Crippen LogP contribution in [-0.2, 0) is 11.2 Å². The highest BCUT2D eigenvalue weighted by molar-refractivity contribution is 5.88. The third-order valence-corrected chi connectivity index (χ3v) is 4.60. The van der Waals surface area contributed by atoms with E-state index in [1.807, 2.05) is 4.90 Å². The fourth-order valence-electron chi connectivity index (χ4n) is 3.21. The van der Waals surface area contributed by atoms with Crippen LogP contribution in [0.25, 0.3) is 11.3 Å². The van der Waals surface area contributed by atoms with Crippen LogP contribution in [0.1, 0.15) is 35.8 Å². The number of hydrogen-bond donors (Lipinski definition) is 1. The van der Waals surface area contributed by atoms with E-state index in [0.717, 1.165) is 49.3 Å². The van der Waals surface area contributed by atoms with Crippen molar-refractivity contribution in [2.45, 2.75) is 26.2 Å². The summed E-state index contributed by atoms with van der Waals surface area (Å²) in [6, 6.07) is 6.59. The Morgan fingerprint density at radius 3 is 2.56 bits per heavy atom. The number of carbonyl (C=O) groups is 2. The van der Waals surface area contributed by atoms with Crippen LogP contribution in [0.15, 0.2) is 36.7 Å². The van der Waals surface area contributed by atoms with Crippen molar-refractivity contribution < 1.29 is 14.7 Å². The lowest BCUT2D eigenvalue weighted by Crippen LogP contribution is -2.39. The molecule has 6 nitrogen and oxygen atoms in total. The van der Waals surface area contributed by atoms with Gasteiger partial charge in [0.1, 0.15) is 0 Å². The fraction of sp³-hybridized carbons (Fsp3) is 0.368. The molecule has 1 amide bonds. The van der Waals surface area contributed by atoms with E-state index in [1.165, 1.54) is 0 Å². The quantitative estimate of drug-likeness (QED) is 0.926. The number of rotatable bonds is 4. The first kappa shape index (κ1) is 17.1. The number of likely N-dealkylation sites (tertiary alicyclic amines) is 1. The highest BCUT2D eigenvalue weighted by atomic mass is 16.4. The van der Waals surface area contributed by atoms with Crippen molar-refractivity contribution in [3.63, 3.8) is 0 Å². The van der Waals surface area contributed by atoms with E-state index in [4.69, 9.17) is 5.11 Å². The minimum atomic E-state index is -0.944. The van der Waals surface area contributed by atoms with Crippen LogP contribution < -0.4 is 0 Å². The molecule has 1 aromatic carbocycles. The van der Waals surface area contributed by atoms with Gasteiger partial charge in [-0.3, -0.25) is 14.8 Å². The predicted molar refractivity (Wildman–Crippen MR) is 93.1 cm³/mol. The number of aromatic carboxylic acids is 1. The molecule has 2 heterocycles. The normalized spacial score (nSPS) is 17.3. The van der Waals surface area contributed by atoms with Crippen LogP contribution in [0.2, 0.25) is 0 Å². The van der Waals surface area contributed by atoms with Gasteiger partial charge in [0.15, 0.2) is 0 Å². The van der Waals surface area contributed by atoms with Gasteiger partial charge in [-0.2, -0.15) is 0 Å². The second kappa shape index (κ2) is 7.42. The van der Waals surface area contributed by atoms with Crippen LogP contribution in [0.3, 0.4) is 0 Å². The van der Waals surface area contributed by atoms with Crippen LogP contribution in [0.4, 0.5) is 0 Å². The van der Waals surface area contributed by atoms with Crippen molar-refractivity contribution >= 4 is 11.9 Å². The van der Waals surface area contributed by atoms with E-state index in [2.05, 4.69) is 9.97 Å². The number of nitrogens with zero attached hydrogens (tertiary/aromatic N) is 3. The zero-order valence-corrected chi connectivity index (χ0v) is 14.2. The zero-order chi connectivity index (χ0) is 17.8. The average Bonchev–Trinajstić information content (AvgIpc) is 2.63. The van der Waals surface area contributed by atoms with Gasteiger partial charge < -0.3 is 10.0 Å². The summed E-state index contributed by atoms with van der Waals surface area (Å²) in [6.45, 7) is 3.25. The first-order valence-electron chi connectivity index (χ1n) is 8.43. The van der Waals surface area contributed by atoms with Crippen molar-refractivity contribution in [1.29, 1.82) is 0 Å². The van der Waals surface area contributed by atoms with E-state index in [0.29, 0.717) is 5.92 Å². The molecule has 0 unspecified atom stereocenters. The van der Waals surface area contributed by atoms with Gasteiger partial charge in [-0.1, -0.05) is 12.1 Å². The molecule has 25 heavy (non-hydrogen) atoms. The molecular formula is C19H21N3O3. The van der Waals surface area contributed by atoms with Crippen molar-refractivity contribution in [3.8, 4) is 11.3 Å². The zero-order valence-electron chi connectivity index (χ0n) is 14.2. The highest BCUT2D eigenvalue weighted by Gasteiger charge is 2.22. The second-order valence-corrected chi connectivity index (χ2v) is 6.45. The standard InChI is InChI=1S/C19H21N3O3/c1-13(23)22-8-2-3-14(12-22)9-17-10-21-18(11-20-17)15-4-6-16(7-5-15)19(24)25/h4-7,10-11,14H,2-3,8-9,12H2,1H3,(H,24,25)/t14-/m1/s1. The number of aromatic nitrogens is 2. The lowest BCUT2D eigenvalue weighted by Gasteiger charge is -2.31. The van der Waals surface area contributed by atoms with Gasteiger partial charge in [-0.25, -0.2) is 4.79 Å². The Labute approximate surface area is 146 Å². The van der Waals surface area contributed by atoms with Crippen LogP contribution in [0.5, 0.6) is 0 Å². The van der Waals surface area contributed by atoms with Gasteiger partial charge in [0, 0.05) is 31.8 Å². The summed E-state index contributed by atoms with van der Waals surface area (Å²) in [4.78, 5) is 33.3. The third kappa shape index (κ3) is 4.21. The Morgan fingerprint density at radius 1 is 1.20 bits per heavy atom. The summed E-state index contributed by atoms with van der Waals surface area (Å²) in [5.41, 5.74) is 2.72.